The second kappa shape index (κ2) is 6.45. The van der Waals surface area contributed by atoms with Gasteiger partial charge in [0.05, 0.1) is 10.6 Å². The fourth-order valence-corrected chi connectivity index (χ4v) is 3.19. The van der Waals surface area contributed by atoms with E-state index in [0.29, 0.717) is 28.6 Å². The smallest absolute Gasteiger partial charge is 0.290 e. The third kappa shape index (κ3) is 3.63. The zero-order chi connectivity index (χ0) is 15.5. The molecule has 22 heavy (non-hydrogen) atoms. The van der Waals surface area contributed by atoms with Crippen LogP contribution in [0, 0.1) is 0 Å². The Morgan fingerprint density at radius 3 is 2.77 bits per heavy atom. The predicted molar refractivity (Wildman–Crippen MR) is 85.0 cm³/mol. The van der Waals surface area contributed by atoms with E-state index >= 15 is 0 Å². The molecular weight excluding hydrogens is 302 g/mol. The van der Waals surface area contributed by atoms with E-state index in [9.17, 15) is 9.59 Å². The lowest BCUT2D eigenvalue weighted by atomic mass is 9.92. The third-order valence-corrected chi connectivity index (χ3v) is 4.51. The molecule has 1 aromatic heterocycles. The molecule has 1 aromatic rings. The van der Waals surface area contributed by atoms with Gasteiger partial charge in [0.15, 0.2) is 0 Å². The Labute approximate surface area is 132 Å². The molecule has 1 aliphatic carbocycles. The summed E-state index contributed by atoms with van der Waals surface area (Å²) < 4.78 is 0. The van der Waals surface area contributed by atoms with Crippen molar-refractivity contribution < 1.29 is 9.59 Å². The lowest BCUT2D eigenvalue weighted by molar-refractivity contribution is -0.115. The number of anilines is 1. The first-order valence-electron chi connectivity index (χ1n) is 7.20. The number of carbonyl (C=O) groups is 2. The van der Waals surface area contributed by atoms with E-state index in [2.05, 4.69) is 20.6 Å². The Morgan fingerprint density at radius 2 is 2.09 bits per heavy atom. The van der Waals surface area contributed by atoms with Crippen molar-refractivity contribution in [1.29, 1.82) is 0 Å². The maximum absolute atomic E-state index is 11.5. The average Bonchev–Trinajstić information content (AvgIpc) is 2.80. The summed E-state index contributed by atoms with van der Waals surface area (Å²) in [4.78, 5) is 31.6. The molecule has 0 atom stereocenters. The monoisotopic (exact) mass is 319 g/mol. The van der Waals surface area contributed by atoms with Crippen LogP contribution in [0.3, 0.4) is 0 Å². The number of aromatic nitrogens is 2. The van der Waals surface area contributed by atoms with Gasteiger partial charge in [0.2, 0.25) is 5.95 Å². The maximum Gasteiger partial charge on any atom is 0.290 e. The van der Waals surface area contributed by atoms with Crippen molar-refractivity contribution in [3.8, 4) is 0 Å². The van der Waals surface area contributed by atoms with E-state index in [1.807, 2.05) is 0 Å². The van der Waals surface area contributed by atoms with Crippen molar-refractivity contribution in [2.45, 2.75) is 37.8 Å². The first kappa shape index (κ1) is 15.0. The fraction of sp³-hybridized carbons (Fsp3) is 0.429. The Balaban J connectivity index is 1.69. The van der Waals surface area contributed by atoms with Gasteiger partial charge in [-0.3, -0.25) is 14.9 Å². The van der Waals surface area contributed by atoms with Gasteiger partial charge in [0.25, 0.3) is 11.1 Å². The van der Waals surface area contributed by atoms with E-state index in [1.54, 1.807) is 18.3 Å². The number of imide groups is 1. The van der Waals surface area contributed by atoms with Crippen LogP contribution in [0.5, 0.6) is 0 Å². The summed E-state index contributed by atoms with van der Waals surface area (Å²) in [6.07, 6.45) is 7.23. The number of carbonyl (C=O) groups excluding carboxylic acids is 2. The van der Waals surface area contributed by atoms with Crippen LogP contribution >= 0.6 is 11.8 Å². The summed E-state index contributed by atoms with van der Waals surface area (Å²) in [5, 5.41) is 5.16. The molecule has 2 fully saturated rings. The molecule has 1 aliphatic heterocycles. The molecule has 2 amide bonds. The van der Waals surface area contributed by atoms with E-state index in [0.717, 1.165) is 37.4 Å². The molecule has 0 bridgehead atoms. The summed E-state index contributed by atoms with van der Waals surface area (Å²) in [6.45, 7) is 0. The van der Waals surface area contributed by atoms with Crippen molar-refractivity contribution in [3.63, 3.8) is 0 Å². The first-order valence-corrected chi connectivity index (χ1v) is 8.02. The van der Waals surface area contributed by atoms with Crippen molar-refractivity contribution in [1.82, 2.24) is 15.3 Å². The number of rotatable bonds is 3. The Bertz CT molecular complexity index is 625. The van der Waals surface area contributed by atoms with Crippen LogP contribution in [0.2, 0.25) is 0 Å². The largest absolute Gasteiger partial charge is 0.351 e. The normalized spacial score (nSPS) is 27.0. The van der Waals surface area contributed by atoms with Gasteiger partial charge < -0.3 is 11.1 Å². The number of hydrogen-bond acceptors (Lipinski definition) is 7. The molecule has 3 rings (SSSR count). The highest BCUT2D eigenvalue weighted by Crippen LogP contribution is 2.25. The van der Waals surface area contributed by atoms with Crippen LogP contribution in [0.25, 0.3) is 6.08 Å². The molecule has 0 radical (unpaired) electrons. The van der Waals surface area contributed by atoms with E-state index < -0.39 is 0 Å². The lowest BCUT2D eigenvalue weighted by Crippen LogP contribution is -2.33. The summed E-state index contributed by atoms with van der Waals surface area (Å²) in [5.74, 6) is 0.147. The molecule has 8 heteroatoms. The molecule has 116 valence electrons. The van der Waals surface area contributed by atoms with Gasteiger partial charge in [0, 0.05) is 18.3 Å². The van der Waals surface area contributed by atoms with Crippen molar-refractivity contribution in [2.75, 3.05) is 5.32 Å². The third-order valence-electron chi connectivity index (χ3n) is 3.70. The number of thioether (sulfide) groups is 1. The van der Waals surface area contributed by atoms with Gasteiger partial charge in [-0.1, -0.05) is 0 Å². The minimum absolute atomic E-state index is 0.297. The molecule has 0 spiro atoms. The Hall–Kier alpha value is -1.93. The number of nitrogens with two attached hydrogens (primary N) is 1. The molecule has 0 aromatic carbocycles. The van der Waals surface area contributed by atoms with Crippen LogP contribution in [-0.4, -0.2) is 33.2 Å². The summed E-state index contributed by atoms with van der Waals surface area (Å²) >= 11 is 0.877. The van der Waals surface area contributed by atoms with E-state index in [4.69, 9.17) is 5.73 Å². The second-order valence-corrected chi connectivity index (χ2v) is 6.43. The van der Waals surface area contributed by atoms with Gasteiger partial charge in [-0.15, -0.1) is 0 Å². The summed E-state index contributed by atoms with van der Waals surface area (Å²) in [5.41, 5.74) is 6.49. The minimum atomic E-state index is -0.385. The number of hydrogen-bond donors (Lipinski definition) is 3. The predicted octanol–water partition coefficient (Wildman–Crippen LogP) is 1.48. The standard InChI is InChI=1S/C14H17N5O2S/c15-8-1-3-9(4-2-8)17-13-16-6-5-10(18-13)7-11-12(20)19-14(21)22-11/h5-9H,1-4,15H2,(H,16,17,18)(H,19,20,21)/b11-7-/t8-,9+. The Kier molecular flexibility index (Phi) is 4.39. The minimum Gasteiger partial charge on any atom is -0.351 e. The zero-order valence-corrected chi connectivity index (χ0v) is 12.7. The highest BCUT2D eigenvalue weighted by Gasteiger charge is 2.25. The van der Waals surface area contributed by atoms with Crippen molar-refractivity contribution >= 4 is 34.9 Å². The van der Waals surface area contributed by atoms with Crippen LogP contribution in [0.15, 0.2) is 17.2 Å². The molecule has 4 N–H and O–H groups in total. The van der Waals surface area contributed by atoms with Crippen LogP contribution in [0.1, 0.15) is 31.4 Å². The van der Waals surface area contributed by atoms with E-state index in [-0.39, 0.29) is 11.1 Å². The molecule has 0 unspecified atom stereocenters. The molecule has 1 saturated carbocycles. The number of nitrogens with one attached hydrogen (secondary N) is 2. The van der Waals surface area contributed by atoms with Crippen molar-refractivity contribution in [3.05, 3.63) is 22.9 Å². The average molecular weight is 319 g/mol. The highest BCUT2D eigenvalue weighted by atomic mass is 32.2. The van der Waals surface area contributed by atoms with Gasteiger partial charge >= 0.3 is 0 Å². The van der Waals surface area contributed by atoms with Gasteiger partial charge in [-0.05, 0) is 49.6 Å². The molecule has 2 aliphatic rings. The van der Waals surface area contributed by atoms with E-state index in [1.165, 1.54) is 0 Å². The topological polar surface area (TPSA) is 110 Å². The SMILES string of the molecule is N[C@H]1CC[C@@H](Nc2nccc(/C=C3\SC(=O)NC3=O)n2)CC1. The molecule has 2 heterocycles. The molecule has 7 nitrogen and oxygen atoms in total. The lowest BCUT2D eigenvalue weighted by Gasteiger charge is -2.26. The van der Waals surface area contributed by atoms with Crippen LogP contribution in [0.4, 0.5) is 10.7 Å². The van der Waals surface area contributed by atoms with Crippen molar-refractivity contribution in [2.24, 2.45) is 5.73 Å². The fourth-order valence-electron chi connectivity index (χ4n) is 2.52. The maximum atomic E-state index is 11.5. The quantitative estimate of drug-likeness (QED) is 0.724. The van der Waals surface area contributed by atoms with Gasteiger partial charge in [-0.25, -0.2) is 9.97 Å². The Morgan fingerprint density at radius 1 is 1.32 bits per heavy atom. The summed E-state index contributed by atoms with van der Waals surface area (Å²) in [6, 6.07) is 2.32. The molecule has 1 saturated heterocycles. The van der Waals surface area contributed by atoms with Crippen LogP contribution < -0.4 is 16.4 Å². The summed E-state index contributed by atoms with van der Waals surface area (Å²) in [7, 11) is 0. The highest BCUT2D eigenvalue weighted by molar-refractivity contribution is 8.18. The zero-order valence-electron chi connectivity index (χ0n) is 11.9. The van der Waals surface area contributed by atoms with Gasteiger partial charge in [-0.2, -0.15) is 0 Å². The first-order chi connectivity index (χ1) is 10.6. The van der Waals surface area contributed by atoms with Crippen LogP contribution in [-0.2, 0) is 4.79 Å². The number of nitrogens with zero attached hydrogens (tertiary/aromatic N) is 2. The second-order valence-electron chi connectivity index (χ2n) is 5.41. The van der Waals surface area contributed by atoms with Gasteiger partial charge in [0.1, 0.15) is 0 Å². The number of amides is 2. The molecular formula is C14H17N5O2S.